The maximum atomic E-state index is 13.0. The molecule has 3 rings (SSSR count). The van der Waals surface area contributed by atoms with Crippen LogP contribution in [0.15, 0.2) is 53.5 Å². The Morgan fingerprint density at radius 3 is 2.80 bits per heavy atom. The molecule has 130 valence electrons. The van der Waals surface area contributed by atoms with Gasteiger partial charge in [-0.15, -0.1) is 0 Å². The minimum atomic E-state index is -0.206. The van der Waals surface area contributed by atoms with Crippen LogP contribution in [0.4, 0.5) is 16.2 Å². The number of carbonyl (C=O) groups excluding carboxylic acids is 1. The number of nitrogens with zero attached hydrogens (tertiary/aromatic N) is 2. The molecule has 2 aromatic carbocycles. The number of rotatable bonds is 4. The molecule has 0 aromatic heterocycles. The number of methoxy groups -OCH3 is 1. The van der Waals surface area contributed by atoms with Gasteiger partial charge in [0.15, 0.2) is 0 Å². The summed E-state index contributed by atoms with van der Waals surface area (Å²) in [5.41, 5.74) is 2.73. The highest BCUT2D eigenvalue weighted by atomic mass is 16.5. The van der Waals surface area contributed by atoms with Crippen LogP contribution in [0.2, 0.25) is 0 Å². The van der Waals surface area contributed by atoms with Gasteiger partial charge in [-0.2, -0.15) is 0 Å². The van der Waals surface area contributed by atoms with Gasteiger partial charge in [0, 0.05) is 24.7 Å². The lowest BCUT2D eigenvalue weighted by Crippen LogP contribution is -2.39. The van der Waals surface area contributed by atoms with E-state index >= 15 is 0 Å². The summed E-state index contributed by atoms with van der Waals surface area (Å²) in [6.45, 7) is 2.87. The van der Waals surface area contributed by atoms with Gasteiger partial charge in [-0.25, -0.2) is 4.79 Å². The topological polar surface area (TPSA) is 53.9 Å². The Balaban J connectivity index is 1.89. The maximum absolute atomic E-state index is 13.0. The summed E-state index contributed by atoms with van der Waals surface area (Å²) in [7, 11) is 1.61. The molecule has 0 saturated heterocycles. The van der Waals surface area contributed by atoms with Gasteiger partial charge in [0.1, 0.15) is 11.6 Å². The summed E-state index contributed by atoms with van der Waals surface area (Å²) >= 11 is 0. The van der Waals surface area contributed by atoms with Gasteiger partial charge >= 0.3 is 6.03 Å². The zero-order chi connectivity index (χ0) is 17.6. The number of carbonyl (C=O) groups is 1. The number of amides is 2. The van der Waals surface area contributed by atoms with E-state index in [0.29, 0.717) is 11.4 Å². The molecule has 0 fully saturated rings. The second-order valence-corrected chi connectivity index (χ2v) is 5.92. The van der Waals surface area contributed by atoms with Crippen molar-refractivity contribution in [2.45, 2.75) is 26.2 Å². The summed E-state index contributed by atoms with van der Waals surface area (Å²) in [5.74, 6) is 1.52. The number of ether oxygens (including phenoxy) is 1. The Bertz CT molecular complexity index is 786. The predicted molar refractivity (Wildman–Crippen MR) is 102 cm³/mol. The lowest BCUT2D eigenvalue weighted by molar-refractivity contribution is 0.259. The van der Waals surface area contributed by atoms with Crippen molar-refractivity contribution in [3.05, 3.63) is 54.1 Å². The smallest absolute Gasteiger partial charge is 0.331 e. The van der Waals surface area contributed by atoms with Crippen molar-refractivity contribution >= 4 is 23.2 Å². The van der Waals surface area contributed by atoms with Crippen LogP contribution in [0.25, 0.3) is 0 Å². The summed E-state index contributed by atoms with van der Waals surface area (Å²) in [6, 6.07) is 15.2. The maximum Gasteiger partial charge on any atom is 0.331 e. The number of benzene rings is 2. The third kappa shape index (κ3) is 3.99. The fourth-order valence-corrected chi connectivity index (χ4v) is 2.89. The number of hydrogen-bond acceptors (Lipinski definition) is 3. The van der Waals surface area contributed by atoms with E-state index < -0.39 is 0 Å². The number of anilines is 2. The van der Waals surface area contributed by atoms with Gasteiger partial charge in [-0.3, -0.25) is 9.89 Å². The molecule has 1 aliphatic heterocycles. The SMILES string of the molecule is CCc1cccc(N(C(=O)Nc2cccc(OC)c2)C2=NCCC2)c1. The number of nitrogens with one attached hydrogen (secondary N) is 1. The largest absolute Gasteiger partial charge is 0.497 e. The third-order valence-corrected chi connectivity index (χ3v) is 4.21. The summed E-state index contributed by atoms with van der Waals surface area (Å²) in [4.78, 5) is 19.2. The molecule has 0 saturated carbocycles. The first-order valence-electron chi connectivity index (χ1n) is 8.58. The van der Waals surface area contributed by atoms with E-state index in [1.807, 2.05) is 36.4 Å². The number of amidine groups is 1. The fraction of sp³-hybridized carbons (Fsp3) is 0.300. The molecule has 5 nitrogen and oxygen atoms in total. The summed E-state index contributed by atoms with van der Waals surface area (Å²) < 4.78 is 5.22. The van der Waals surface area contributed by atoms with E-state index in [2.05, 4.69) is 23.3 Å². The molecule has 0 atom stereocenters. The standard InChI is InChI=1S/C20H23N3O2/c1-3-15-7-4-9-17(13-15)23(19-11-6-12-21-19)20(24)22-16-8-5-10-18(14-16)25-2/h4-5,7-10,13-14H,3,6,11-12H2,1-2H3,(H,22,24). The van der Waals surface area contributed by atoms with Gasteiger partial charge in [0.05, 0.1) is 12.8 Å². The van der Waals surface area contributed by atoms with Crippen molar-refractivity contribution in [2.24, 2.45) is 4.99 Å². The summed E-state index contributed by atoms with van der Waals surface area (Å²) in [6.07, 6.45) is 2.71. The summed E-state index contributed by atoms with van der Waals surface area (Å²) in [5, 5.41) is 2.96. The fourth-order valence-electron chi connectivity index (χ4n) is 2.89. The number of aryl methyl sites for hydroxylation is 1. The predicted octanol–water partition coefficient (Wildman–Crippen LogP) is 4.49. The van der Waals surface area contributed by atoms with Crippen molar-refractivity contribution in [1.82, 2.24) is 0 Å². The van der Waals surface area contributed by atoms with E-state index in [1.165, 1.54) is 5.56 Å². The van der Waals surface area contributed by atoms with Crippen LogP contribution in [0.3, 0.4) is 0 Å². The highest BCUT2D eigenvalue weighted by molar-refractivity contribution is 6.20. The van der Waals surface area contributed by atoms with Crippen LogP contribution in [0.5, 0.6) is 5.75 Å². The van der Waals surface area contributed by atoms with Gasteiger partial charge in [-0.1, -0.05) is 25.1 Å². The van der Waals surface area contributed by atoms with Crippen molar-refractivity contribution in [1.29, 1.82) is 0 Å². The van der Waals surface area contributed by atoms with E-state index in [0.717, 1.165) is 37.3 Å². The molecule has 2 amide bonds. The molecule has 1 N–H and O–H groups in total. The molecular formula is C20H23N3O2. The van der Waals surface area contributed by atoms with E-state index in [9.17, 15) is 4.79 Å². The molecule has 5 heteroatoms. The Morgan fingerprint density at radius 1 is 1.24 bits per heavy atom. The van der Waals surface area contributed by atoms with Crippen molar-refractivity contribution in [2.75, 3.05) is 23.9 Å². The minimum absolute atomic E-state index is 0.206. The molecule has 2 aromatic rings. The van der Waals surface area contributed by atoms with E-state index in [-0.39, 0.29) is 6.03 Å². The third-order valence-electron chi connectivity index (χ3n) is 4.21. The normalized spacial score (nSPS) is 13.3. The van der Waals surface area contributed by atoms with Crippen LogP contribution in [-0.4, -0.2) is 25.5 Å². The van der Waals surface area contributed by atoms with Gasteiger partial charge in [-0.05, 0) is 42.7 Å². The monoisotopic (exact) mass is 337 g/mol. The van der Waals surface area contributed by atoms with Gasteiger partial charge in [0.2, 0.25) is 0 Å². The van der Waals surface area contributed by atoms with Crippen LogP contribution < -0.4 is 15.0 Å². The van der Waals surface area contributed by atoms with Gasteiger partial charge in [0.25, 0.3) is 0 Å². The number of aliphatic imine (C=N–C) groups is 1. The van der Waals surface area contributed by atoms with Crippen molar-refractivity contribution in [3.8, 4) is 5.75 Å². The zero-order valence-electron chi connectivity index (χ0n) is 14.7. The minimum Gasteiger partial charge on any atom is -0.497 e. The zero-order valence-corrected chi connectivity index (χ0v) is 14.7. The molecule has 1 aliphatic rings. The molecule has 0 aliphatic carbocycles. The van der Waals surface area contributed by atoms with Crippen LogP contribution >= 0.6 is 0 Å². The number of urea groups is 1. The Kier molecular flexibility index (Phi) is 5.33. The average molecular weight is 337 g/mol. The highest BCUT2D eigenvalue weighted by Crippen LogP contribution is 2.23. The average Bonchev–Trinajstić information content (AvgIpc) is 3.16. The Morgan fingerprint density at radius 2 is 2.08 bits per heavy atom. The quantitative estimate of drug-likeness (QED) is 0.894. The first kappa shape index (κ1) is 17.0. The highest BCUT2D eigenvalue weighted by Gasteiger charge is 2.24. The number of hydrogen-bond donors (Lipinski definition) is 1. The van der Waals surface area contributed by atoms with Crippen molar-refractivity contribution < 1.29 is 9.53 Å². The molecule has 0 bridgehead atoms. The molecule has 25 heavy (non-hydrogen) atoms. The second kappa shape index (κ2) is 7.83. The molecule has 0 spiro atoms. The Hall–Kier alpha value is -2.82. The van der Waals surface area contributed by atoms with Crippen LogP contribution in [-0.2, 0) is 6.42 Å². The first-order valence-corrected chi connectivity index (χ1v) is 8.58. The molecule has 0 radical (unpaired) electrons. The van der Waals surface area contributed by atoms with E-state index in [4.69, 9.17) is 4.74 Å². The molecule has 0 unspecified atom stereocenters. The van der Waals surface area contributed by atoms with Crippen LogP contribution in [0, 0.1) is 0 Å². The molecule has 1 heterocycles. The first-order chi connectivity index (χ1) is 12.2. The van der Waals surface area contributed by atoms with Crippen molar-refractivity contribution in [3.63, 3.8) is 0 Å². The lowest BCUT2D eigenvalue weighted by Gasteiger charge is -2.23. The van der Waals surface area contributed by atoms with Crippen LogP contribution in [0.1, 0.15) is 25.3 Å². The molecular weight excluding hydrogens is 314 g/mol. The van der Waals surface area contributed by atoms with Gasteiger partial charge < -0.3 is 10.1 Å². The Labute approximate surface area is 148 Å². The second-order valence-electron chi connectivity index (χ2n) is 5.92. The lowest BCUT2D eigenvalue weighted by atomic mass is 10.1. The van der Waals surface area contributed by atoms with E-state index in [1.54, 1.807) is 18.1 Å².